The van der Waals surface area contributed by atoms with Crippen molar-refractivity contribution in [1.29, 1.82) is 0 Å². The average Bonchev–Trinajstić information content (AvgIpc) is 2.94. The molecule has 1 heterocycles. The fourth-order valence-corrected chi connectivity index (χ4v) is 5.79. The summed E-state index contributed by atoms with van der Waals surface area (Å²) in [6.07, 6.45) is 2.49. The van der Waals surface area contributed by atoms with E-state index in [1.807, 2.05) is 0 Å². The van der Waals surface area contributed by atoms with Crippen LogP contribution in [-0.2, 0) is 10.2 Å². The molecule has 4 nitrogen and oxygen atoms in total. The minimum atomic E-state index is -0.481. The Morgan fingerprint density at radius 2 is 1.83 bits per heavy atom. The quantitative estimate of drug-likeness (QED) is 0.735. The number of primary amides is 1. The monoisotopic (exact) mass is 387 g/mol. The first kappa shape index (κ1) is 17.6. The molecule has 1 aliphatic rings. The summed E-state index contributed by atoms with van der Waals surface area (Å²) < 4.78 is 29.7. The van der Waals surface area contributed by atoms with Crippen LogP contribution in [0.2, 0.25) is 0 Å². The number of hydrogen-bond donors (Lipinski definition) is 1. The molecule has 1 aromatic carbocycles. The molecule has 1 aromatic heterocycles. The largest absolute Gasteiger partial charge is 0.369 e. The average molecular weight is 388 g/mol. The standard InChI is InChI=1S/C15H15F2N3OS3/c16-9-3-1-4-10(17)12(9)15(5-2-6-15)8-23-14-20-19-13(24-14)22-7-11(18)21/h1,3-4H,2,5-8H2,(H2,18,21). The summed E-state index contributed by atoms with van der Waals surface area (Å²) in [6, 6.07) is 4.01. The van der Waals surface area contributed by atoms with Gasteiger partial charge in [-0.3, -0.25) is 4.79 Å². The van der Waals surface area contributed by atoms with Gasteiger partial charge in [-0.15, -0.1) is 10.2 Å². The van der Waals surface area contributed by atoms with Crippen molar-refractivity contribution in [3.05, 3.63) is 35.4 Å². The Balaban J connectivity index is 1.69. The van der Waals surface area contributed by atoms with Crippen LogP contribution >= 0.6 is 34.9 Å². The minimum absolute atomic E-state index is 0.156. The van der Waals surface area contributed by atoms with Gasteiger partial charge in [0.1, 0.15) is 11.6 Å². The van der Waals surface area contributed by atoms with Crippen molar-refractivity contribution in [3.8, 4) is 0 Å². The first-order valence-corrected chi connectivity index (χ1v) is 10.1. The van der Waals surface area contributed by atoms with Crippen LogP contribution < -0.4 is 5.73 Å². The van der Waals surface area contributed by atoms with Crippen molar-refractivity contribution in [1.82, 2.24) is 10.2 Å². The second-order valence-electron chi connectivity index (χ2n) is 5.61. The van der Waals surface area contributed by atoms with Crippen LogP contribution in [0.1, 0.15) is 24.8 Å². The Morgan fingerprint density at radius 3 is 2.38 bits per heavy atom. The number of aromatic nitrogens is 2. The maximum absolute atomic E-state index is 14.2. The lowest BCUT2D eigenvalue weighted by Crippen LogP contribution is -2.38. The zero-order valence-electron chi connectivity index (χ0n) is 12.6. The van der Waals surface area contributed by atoms with Gasteiger partial charge in [0.05, 0.1) is 5.75 Å². The summed E-state index contributed by atoms with van der Waals surface area (Å²) in [5.41, 5.74) is 4.81. The summed E-state index contributed by atoms with van der Waals surface area (Å²) in [5, 5.41) is 8.06. The molecule has 1 fully saturated rings. The number of thioether (sulfide) groups is 2. The number of rotatable bonds is 7. The van der Waals surface area contributed by atoms with Crippen LogP contribution in [0.5, 0.6) is 0 Å². The summed E-state index contributed by atoms with van der Waals surface area (Å²) in [6.45, 7) is 0. The topological polar surface area (TPSA) is 68.9 Å². The van der Waals surface area contributed by atoms with Crippen molar-refractivity contribution in [2.45, 2.75) is 33.4 Å². The molecule has 0 spiro atoms. The maximum Gasteiger partial charge on any atom is 0.227 e. The maximum atomic E-state index is 14.2. The molecule has 128 valence electrons. The van der Waals surface area contributed by atoms with E-state index in [-0.39, 0.29) is 11.3 Å². The zero-order chi connectivity index (χ0) is 17.2. The van der Waals surface area contributed by atoms with Gasteiger partial charge < -0.3 is 5.73 Å². The summed E-state index contributed by atoms with van der Waals surface area (Å²) >= 11 is 4.06. The summed E-state index contributed by atoms with van der Waals surface area (Å²) in [7, 11) is 0. The van der Waals surface area contributed by atoms with Crippen molar-refractivity contribution in [2.24, 2.45) is 5.73 Å². The third kappa shape index (κ3) is 3.73. The lowest BCUT2D eigenvalue weighted by molar-refractivity contribution is -0.115. The van der Waals surface area contributed by atoms with Crippen molar-refractivity contribution in [2.75, 3.05) is 11.5 Å². The van der Waals surface area contributed by atoms with E-state index < -0.39 is 23.0 Å². The third-order valence-corrected chi connectivity index (χ3v) is 7.50. The van der Waals surface area contributed by atoms with Gasteiger partial charge in [-0.25, -0.2) is 8.78 Å². The normalized spacial score (nSPS) is 15.9. The van der Waals surface area contributed by atoms with Crippen LogP contribution in [0.15, 0.2) is 26.9 Å². The first-order valence-electron chi connectivity index (χ1n) is 7.32. The Bertz CT molecular complexity index is 729. The van der Waals surface area contributed by atoms with E-state index in [0.29, 0.717) is 10.1 Å². The van der Waals surface area contributed by atoms with Gasteiger partial charge >= 0.3 is 0 Å². The van der Waals surface area contributed by atoms with E-state index in [1.54, 1.807) is 0 Å². The number of nitrogens with two attached hydrogens (primary N) is 1. The molecule has 1 aliphatic carbocycles. The fourth-order valence-electron chi connectivity index (χ4n) is 2.72. The van der Waals surface area contributed by atoms with Gasteiger partial charge in [-0.2, -0.15) is 0 Å². The van der Waals surface area contributed by atoms with E-state index in [0.717, 1.165) is 23.6 Å². The molecule has 1 saturated carbocycles. The highest BCUT2D eigenvalue weighted by Gasteiger charge is 2.42. The first-order chi connectivity index (χ1) is 11.5. The number of nitrogens with zero attached hydrogens (tertiary/aromatic N) is 2. The molecule has 3 rings (SSSR count). The van der Waals surface area contributed by atoms with Crippen LogP contribution in [-0.4, -0.2) is 27.6 Å². The van der Waals surface area contributed by atoms with Crippen molar-refractivity contribution >= 4 is 40.8 Å². The molecule has 0 atom stereocenters. The van der Waals surface area contributed by atoms with E-state index in [2.05, 4.69) is 10.2 Å². The van der Waals surface area contributed by atoms with Crippen molar-refractivity contribution in [3.63, 3.8) is 0 Å². The number of amides is 1. The predicted octanol–water partition coefficient (Wildman–Crippen LogP) is 3.61. The third-order valence-electron chi connectivity index (χ3n) is 4.00. The molecule has 9 heteroatoms. The second-order valence-corrected chi connectivity index (χ2v) is 9.03. The molecule has 0 saturated heterocycles. The van der Waals surface area contributed by atoms with Gasteiger partial charge in [0.25, 0.3) is 0 Å². The van der Waals surface area contributed by atoms with E-state index >= 15 is 0 Å². The van der Waals surface area contributed by atoms with Crippen LogP contribution in [0.25, 0.3) is 0 Å². The van der Waals surface area contributed by atoms with Gasteiger partial charge in [0, 0.05) is 16.7 Å². The fraction of sp³-hybridized carbons (Fsp3) is 0.400. The zero-order valence-corrected chi connectivity index (χ0v) is 15.1. The van der Waals surface area contributed by atoms with Crippen LogP contribution in [0.4, 0.5) is 8.78 Å². The SMILES string of the molecule is NC(=O)CSc1nnc(SCC2(c3c(F)cccc3F)CCC2)s1. The summed E-state index contributed by atoms with van der Waals surface area (Å²) in [4.78, 5) is 10.8. The van der Waals surface area contributed by atoms with Crippen molar-refractivity contribution < 1.29 is 13.6 Å². The predicted molar refractivity (Wildman–Crippen MR) is 92.4 cm³/mol. The van der Waals surface area contributed by atoms with Gasteiger partial charge in [-0.05, 0) is 25.0 Å². The van der Waals surface area contributed by atoms with E-state index in [4.69, 9.17) is 5.73 Å². The smallest absolute Gasteiger partial charge is 0.227 e. The highest BCUT2D eigenvalue weighted by Crippen LogP contribution is 2.49. The molecule has 1 amide bonds. The van der Waals surface area contributed by atoms with Gasteiger partial charge in [0.2, 0.25) is 5.91 Å². The highest BCUT2D eigenvalue weighted by molar-refractivity contribution is 8.03. The number of hydrogen-bond acceptors (Lipinski definition) is 6. The van der Waals surface area contributed by atoms with E-state index in [1.165, 1.54) is 53.1 Å². The lowest BCUT2D eigenvalue weighted by atomic mass is 9.65. The molecular weight excluding hydrogens is 372 g/mol. The molecular formula is C15H15F2N3OS3. The highest BCUT2D eigenvalue weighted by atomic mass is 32.2. The molecule has 0 aliphatic heterocycles. The Kier molecular flexibility index (Phi) is 5.41. The van der Waals surface area contributed by atoms with Gasteiger partial charge in [0.15, 0.2) is 8.68 Å². The number of carbonyl (C=O) groups excluding carboxylic acids is 1. The molecule has 2 N–H and O–H groups in total. The Labute approximate surface area is 150 Å². The minimum Gasteiger partial charge on any atom is -0.369 e. The summed E-state index contributed by atoms with van der Waals surface area (Å²) in [5.74, 6) is -0.660. The molecule has 0 unspecified atom stereocenters. The Hall–Kier alpha value is -1.19. The van der Waals surface area contributed by atoms with Crippen LogP contribution in [0.3, 0.4) is 0 Å². The molecule has 2 aromatic rings. The van der Waals surface area contributed by atoms with Crippen LogP contribution in [0, 0.1) is 11.6 Å². The lowest BCUT2D eigenvalue weighted by Gasteiger charge is -2.42. The molecule has 0 radical (unpaired) electrons. The van der Waals surface area contributed by atoms with E-state index in [9.17, 15) is 13.6 Å². The Morgan fingerprint density at radius 1 is 1.21 bits per heavy atom. The second kappa shape index (κ2) is 7.37. The molecule has 24 heavy (non-hydrogen) atoms. The van der Waals surface area contributed by atoms with Gasteiger partial charge in [-0.1, -0.05) is 47.3 Å². The molecule has 0 bridgehead atoms. The number of benzene rings is 1. The number of halogens is 2. The number of carbonyl (C=O) groups is 1.